The van der Waals surface area contributed by atoms with Crippen LogP contribution in [0.15, 0.2) is 34.5 Å². The molecule has 1 aromatic carbocycles. The van der Waals surface area contributed by atoms with E-state index in [1.54, 1.807) is 31.2 Å². The first-order valence-corrected chi connectivity index (χ1v) is 9.05. The smallest absolute Gasteiger partial charge is 0.308 e. The Morgan fingerprint density at radius 1 is 1.27 bits per heavy atom. The first kappa shape index (κ1) is 24.0. The van der Waals surface area contributed by atoms with Gasteiger partial charge in [-0.2, -0.15) is 5.10 Å². The van der Waals surface area contributed by atoms with E-state index in [9.17, 15) is 14.4 Å². The van der Waals surface area contributed by atoms with Gasteiger partial charge in [0.05, 0.1) is 25.8 Å². The minimum absolute atomic E-state index is 0.0594. The summed E-state index contributed by atoms with van der Waals surface area (Å²) in [4.78, 5) is 38.4. The van der Waals surface area contributed by atoms with Gasteiger partial charge in [-0.15, -0.1) is 0 Å². The molecule has 1 unspecified atom stereocenters. The van der Waals surface area contributed by atoms with Crippen LogP contribution in [-0.2, 0) is 19.1 Å². The number of amides is 2. The van der Waals surface area contributed by atoms with Crippen LogP contribution in [0.4, 0.5) is 5.69 Å². The van der Waals surface area contributed by atoms with E-state index in [4.69, 9.17) is 16.1 Å². The van der Waals surface area contributed by atoms with Crippen LogP contribution in [0, 0.1) is 11.8 Å². The number of benzene rings is 1. The molecule has 0 aromatic heterocycles. The van der Waals surface area contributed by atoms with E-state index >= 15 is 0 Å². The molecule has 0 saturated carbocycles. The zero-order chi connectivity index (χ0) is 22.2. The van der Waals surface area contributed by atoms with Crippen molar-refractivity contribution in [3.05, 3.63) is 40.3 Å². The van der Waals surface area contributed by atoms with E-state index in [2.05, 4.69) is 37.6 Å². The number of carbonyl (C=O) groups excluding carboxylic acids is 3. The van der Waals surface area contributed by atoms with Crippen molar-refractivity contribution in [3.8, 4) is 11.8 Å². The Labute approximate surface area is 173 Å². The molecule has 4 N–H and O–H groups in total. The van der Waals surface area contributed by atoms with Crippen molar-refractivity contribution >= 4 is 29.7 Å². The Kier molecular flexibility index (Phi) is 11.2. The summed E-state index contributed by atoms with van der Waals surface area (Å²) in [6.45, 7) is 1.77. The van der Waals surface area contributed by atoms with Gasteiger partial charge in [0.1, 0.15) is 6.04 Å². The van der Waals surface area contributed by atoms with E-state index in [-0.39, 0.29) is 38.3 Å². The molecule has 0 spiro atoms. The molecular weight excluding hydrogens is 390 g/mol. The van der Waals surface area contributed by atoms with Crippen molar-refractivity contribution in [2.24, 2.45) is 16.1 Å². The first-order valence-electron chi connectivity index (χ1n) is 9.05. The predicted octanol–water partition coefficient (Wildman–Crippen LogP) is 1.45. The fourth-order valence-electron chi connectivity index (χ4n) is 2.22. The van der Waals surface area contributed by atoms with Crippen LogP contribution in [0.1, 0.15) is 31.7 Å². The van der Waals surface area contributed by atoms with E-state index in [1.807, 2.05) is 0 Å². The van der Waals surface area contributed by atoms with Crippen LogP contribution in [0.25, 0.3) is 10.4 Å². The maximum atomic E-state index is 12.1. The Hall–Kier alpha value is -4.03. The third-order valence-electron chi connectivity index (χ3n) is 3.50. The van der Waals surface area contributed by atoms with E-state index < -0.39 is 17.9 Å². The Morgan fingerprint density at radius 3 is 2.60 bits per heavy atom. The third-order valence-corrected chi connectivity index (χ3v) is 3.50. The molecule has 11 nitrogen and oxygen atoms in total. The van der Waals surface area contributed by atoms with Gasteiger partial charge in [0.2, 0.25) is 11.8 Å². The normalized spacial score (nSPS) is 10.8. The number of hydrogen-bond donors (Lipinski definition) is 3. The third kappa shape index (κ3) is 10.3. The zero-order valence-corrected chi connectivity index (χ0v) is 16.5. The monoisotopic (exact) mass is 413 g/mol. The molecule has 0 bridgehead atoms. The van der Waals surface area contributed by atoms with Gasteiger partial charge in [0, 0.05) is 23.4 Å². The zero-order valence-electron chi connectivity index (χ0n) is 16.5. The Balaban J connectivity index is 2.55. The highest BCUT2D eigenvalue weighted by atomic mass is 16.5. The van der Waals surface area contributed by atoms with Gasteiger partial charge in [-0.3, -0.25) is 14.4 Å². The van der Waals surface area contributed by atoms with Gasteiger partial charge >= 0.3 is 5.97 Å². The molecule has 0 heterocycles. The standard InChI is InChI=1S/C19H23N7O4/c1-2-30-19(29)12-16(4-3-11-23-26-21)25-18(28)10-9-17(27)24-15-7-5-14(6-8-15)13-22-20/h5-8,13,16H,2,9-12,20H2,1H3,(H,24,27)(H,25,28). The summed E-state index contributed by atoms with van der Waals surface area (Å²) >= 11 is 0. The maximum absolute atomic E-state index is 12.1. The molecule has 1 rings (SSSR count). The summed E-state index contributed by atoms with van der Waals surface area (Å²) < 4.78 is 4.85. The molecule has 0 aliphatic carbocycles. The number of anilines is 1. The molecule has 0 saturated heterocycles. The average Bonchev–Trinajstić information content (AvgIpc) is 2.71. The summed E-state index contributed by atoms with van der Waals surface area (Å²) in [6, 6.07) is 6.01. The van der Waals surface area contributed by atoms with Gasteiger partial charge in [0.15, 0.2) is 0 Å². The number of hydrazone groups is 1. The summed E-state index contributed by atoms with van der Waals surface area (Å²) in [5.41, 5.74) is 9.61. The van der Waals surface area contributed by atoms with Crippen LogP contribution in [0.3, 0.4) is 0 Å². The molecule has 1 aromatic rings. The Morgan fingerprint density at radius 2 is 1.97 bits per heavy atom. The lowest BCUT2D eigenvalue weighted by molar-refractivity contribution is -0.143. The molecule has 0 radical (unpaired) electrons. The van der Waals surface area contributed by atoms with Crippen molar-refractivity contribution < 1.29 is 19.1 Å². The van der Waals surface area contributed by atoms with E-state index in [0.29, 0.717) is 5.69 Å². The van der Waals surface area contributed by atoms with Gasteiger partial charge in [-0.1, -0.05) is 29.1 Å². The molecule has 30 heavy (non-hydrogen) atoms. The van der Waals surface area contributed by atoms with Gasteiger partial charge in [0.25, 0.3) is 0 Å². The number of ether oxygens (including phenoxy) is 1. The molecule has 0 fully saturated rings. The second-order valence-corrected chi connectivity index (χ2v) is 5.79. The van der Waals surface area contributed by atoms with Gasteiger partial charge in [-0.25, -0.2) is 0 Å². The summed E-state index contributed by atoms with van der Waals surface area (Å²) in [5.74, 6) is 8.96. The van der Waals surface area contributed by atoms with Crippen molar-refractivity contribution in [1.29, 1.82) is 0 Å². The van der Waals surface area contributed by atoms with E-state index in [0.717, 1.165) is 5.56 Å². The number of carbonyl (C=O) groups is 3. The lowest BCUT2D eigenvalue weighted by Gasteiger charge is -2.12. The molecule has 11 heteroatoms. The highest BCUT2D eigenvalue weighted by Crippen LogP contribution is 2.09. The average molecular weight is 413 g/mol. The largest absolute Gasteiger partial charge is 0.466 e. The number of nitrogens with one attached hydrogen (secondary N) is 2. The van der Waals surface area contributed by atoms with Crippen molar-refractivity contribution in [3.63, 3.8) is 0 Å². The SMILES string of the molecule is CCOC(=O)CC(C#CCN=[N+]=[N-])NC(=O)CCC(=O)Nc1ccc(C=NN)cc1. The summed E-state index contributed by atoms with van der Waals surface area (Å²) in [6.07, 6.45) is 1.16. The second kappa shape index (κ2) is 14.0. The Bertz CT molecular complexity index is 865. The van der Waals surface area contributed by atoms with Gasteiger partial charge < -0.3 is 21.2 Å². The lowest BCUT2D eigenvalue weighted by atomic mass is 10.2. The van der Waals surface area contributed by atoms with Crippen molar-refractivity contribution in [2.75, 3.05) is 18.5 Å². The molecule has 1 atom stereocenters. The van der Waals surface area contributed by atoms with Crippen LogP contribution >= 0.6 is 0 Å². The highest BCUT2D eigenvalue weighted by molar-refractivity contribution is 5.93. The minimum atomic E-state index is -0.815. The molecule has 2 amide bonds. The topological polar surface area (TPSA) is 172 Å². The van der Waals surface area contributed by atoms with Crippen LogP contribution in [-0.4, -0.2) is 43.2 Å². The fourth-order valence-corrected chi connectivity index (χ4v) is 2.22. The predicted molar refractivity (Wildman–Crippen MR) is 111 cm³/mol. The molecular formula is C19H23N7O4. The minimum Gasteiger partial charge on any atom is -0.466 e. The molecule has 0 aliphatic heterocycles. The summed E-state index contributed by atoms with van der Waals surface area (Å²) in [5, 5.41) is 11.9. The number of esters is 1. The quantitative estimate of drug-likeness (QED) is 0.0768. The fraction of sp³-hybridized carbons (Fsp3) is 0.368. The first-order chi connectivity index (χ1) is 14.5. The maximum Gasteiger partial charge on any atom is 0.308 e. The van der Waals surface area contributed by atoms with E-state index in [1.165, 1.54) is 6.21 Å². The van der Waals surface area contributed by atoms with Crippen molar-refractivity contribution in [1.82, 2.24) is 5.32 Å². The van der Waals surface area contributed by atoms with Crippen LogP contribution < -0.4 is 16.5 Å². The van der Waals surface area contributed by atoms with Crippen LogP contribution in [0.5, 0.6) is 0 Å². The summed E-state index contributed by atoms with van der Waals surface area (Å²) in [7, 11) is 0. The lowest BCUT2D eigenvalue weighted by Crippen LogP contribution is -2.36. The number of hydrogen-bond acceptors (Lipinski definition) is 7. The number of azide groups is 1. The van der Waals surface area contributed by atoms with Crippen molar-refractivity contribution in [2.45, 2.75) is 32.2 Å². The highest BCUT2D eigenvalue weighted by Gasteiger charge is 2.16. The number of rotatable bonds is 10. The molecule has 0 aliphatic rings. The van der Waals surface area contributed by atoms with Crippen LogP contribution in [0.2, 0.25) is 0 Å². The second-order valence-electron chi connectivity index (χ2n) is 5.79. The number of nitrogens with two attached hydrogens (primary N) is 1. The number of nitrogens with zero attached hydrogens (tertiary/aromatic N) is 4. The molecule has 158 valence electrons. The van der Waals surface area contributed by atoms with Gasteiger partial charge in [-0.05, 0) is 30.2 Å².